The van der Waals surface area contributed by atoms with Gasteiger partial charge in [-0.05, 0) is 12.5 Å². The number of morpholine rings is 1. The fraction of sp³-hybridized carbons (Fsp3) is 0.571. The highest BCUT2D eigenvalue weighted by atomic mass is 16.5. The van der Waals surface area contributed by atoms with Crippen LogP contribution < -0.4 is 0 Å². The van der Waals surface area contributed by atoms with Gasteiger partial charge in [0.2, 0.25) is 0 Å². The van der Waals surface area contributed by atoms with Crippen molar-refractivity contribution in [3.63, 3.8) is 0 Å². The molecule has 1 fully saturated rings. The van der Waals surface area contributed by atoms with E-state index in [2.05, 4.69) is 9.89 Å². The molecule has 0 aromatic heterocycles. The number of aldehydes is 1. The van der Waals surface area contributed by atoms with Gasteiger partial charge in [0.1, 0.15) is 12.4 Å². The molecule has 1 aliphatic heterocycles. The summed E-state index contributed by atoms with van der Waals surface area (Å²) in [4.78, 5) is 17.4. The van der Waals surface area contributed by atoms with E-state index in [1.807, 2.05) is 0 Å². The zero-order valence-electron chi connectivity index (χ0n) is 11.0. The second-order valence-corrected chi connectivity index (χ2v) is 4.66. The van der Waals surface area contributed by atoms with Gasteiger partial charge < -0.3 is 9.84 Å². The molecule has 1 heterocycles. The number of aliphatic imine (C=N–C) groups is 1. The van der Waals surface area contributed by atoms with Crippen LogP contribution in [0.5, 0.6) is 0 Å². The van der Waals surface area contributed by atoms with Crippen LogP contribution in [0.15, 0.2) is 28.8 Å². The van der Waals surface area contributed by atoms with Crippen LogP contribution in [0.25, 0.3) is 0 Å². The minimum absolute atomic E-state index is 0.370. The number of carbonyl (C=O) groups excluding carboxylic acids is 1. The fourth-order valence-corrected chi connectivity index (χ4v) is 2.18. The van der Waals surface area contributed by atoms with Crippen molar-refractivity contribution in [1.29, 1.82) is 0 Å². The Morgan fingerprint density at radius 3 is 3.00 bits per heavy atom. The molecule has 19 heavy (non-hydrogen) atoms. The van der Waals surface area contributed by atoms with Crippen LogP contribution in [0, 0.1) is 0 Å². The summed E-state index contributed by atoms with van der Waals surface area (Å²) in [5.74, 6) is 0. The molecule has 0 aromatic rings. The summed E-state index contributed by atoms with van der Waals surface area (Å²) in [6.07, 6.45) is 5.88. The highest BCUT2D eigenvalue weighted by molar-refractivity contribution is 6.05. The number of allylic oxidation sites excluding steroid dienone is 2. The van der Waals surface area contributed by atoms with Crippen molar-refractivity contribution >= 4 is 12.0 Å². The molecule has 1 aliphatic carbocycles. The van der Waals surface area contributed by atoms with E-state index in [4.69, 9.17) is 4.74 Å². The van der Waals surface area contributed by atoms with Crippen molar-refractivity contribution in [2.75, 3.05) is 39.4 Å². The van der Waals surface area contributed by atoms with Crippen molar-refractivity contribution in [3.8, 4) is 0 Å². The summed E-state index contributed by atoms with van der Waals surface area (Å²) >= 11 is 0. The van der Waals surface area contributed by atoms with Gasteiger partial charge >= 0.3 is 0 Å². The summed E-state index contributed by atoms with van der Waals surface area (Å²) in [6, 6.07) is 0. The number of aliphatic hydroxyl groups is 1. The Morgan fingerprint density at radius 2 is 2.26 bits per heavy atom. The van der Waals surface area contributed by atoms with Crippen molar-refractivity contribution in [3.05, 3.63) is 23.8 Å². The lowest BCUT2D eigenvalue weighted by atomic mass is 10.0. The normalized spacial score (nSPS) is 26.5. The van der Waals surface area contributed by atoms with Gasteiger partial charge in [-0.15, -0.1) is 0 Å². The third kappa shape index (κ3) is 4.09. The third-order valence-electron chi connectivity index (χ3n) is 3.32. The summed E-state index contributed by atoms with van der Waals surface area (Å²) in [5.41, 5.74) is 0.945. The molecule has 1 saturated heterocycles. The van der Waals surface area contributed by atoms with Crippen LogP contribution in [0.1, 0.15) is 6.42 Å². The molecule has 0 amide bonds. The minimum atomic E-state index is -0.870. The van der Waals surface area contributed by atoms with Crippen LogP contribution >= 0.6 is 0 Å². The summed E-state index contributed by atoms with van der Waals surface area (Å²) in [5, 5.41) is 9.87. The number of ether oxygens (including phenoxy) is 1. The standard InChI is InChI=1S/C14H20N2O3/c17-11-12-3-1-4-13(14(12)18)15-5-2-6-16-7-9-19-10-8-16/h1,3-4,11,14,18H,2,5-10H2. The lowest BCUT2D eigenvalue weighted by molar-refractivity contribution is -0.105. The van der Waals surface area contributed by atoms with Crippen molar-refractivity contribution in [2.45, 2.75) is 12.5 Å². The Bertz CT molecular complexity index is 395. The monoisotopic (exact) mass is 264 g/mol. The SMILES string of the molecule is O=CC1=CC=CC(=NCCCN2CCOCC2)C1O. The molecule has 2 aliphatic rings. The average molecular weight is 264 g/mol. The van der Waals surface area contributed by atoms with E-state index in [1.54, 1.807) is 18.2 Å². The largest absolute Gasteiger partial charge is 0.382 e. The molecule has 0 spiro atoms. The molecule has 104 valence electrons. The van der Waals surface area contributed by atoms with Gasteiger partial charge in [0.25, 0.3) is 0 Å². The Hall–Kier alpha value is -1.30. The van der Waals surface area contributed by atoms with Gasteiger partial charge in [-0.3, -0.25) is 14.7 Å². The molecule has 0 saturated carbocycles. The van der Waals surface area contributed by atoms with Gasteiger partial charge in [0.05, 0.1) is 18.9 Å². The predicted octanol–water partition coefficient (Wildman–Crippen LogP) is 0.206. The number of hydrogen-bond donors (Lipinski definition) is 1. The van der Waals surface area contributed by atoms with Gasteiger partial charge in [0.15, 0.2) is 0 Å². The highest BCUT2D eigenvalue weighted by Gasteiger charge is 2.17. The minimum Gasteiger partial charge on any atom is -0.382 e. The molecule has 1 atom stereocenters. The Balaban J connectivity index is 1.75. The Morgan fingerprint density at radius 1 is 1.47 bits per heavy atom. The van der Waals surface area contributed by atoms with E-state index in [0.717, 1.165) is 39.3 Å². The van der Waals surface area contributed by atoms with E-state index in [1.165, 1.54) is 0 Å². The second-order valence-electron chi connectivity index (χ2n) is 4.66. The topological polar surface area (TPSA) is 62.1 Å². The van der Waals surface area contributed by atoms with E-state index in [-0.39, 0.29) is 0 Å². The third-order valence-corrected chi connectivity index (χ3v) is 3.32. The first kappa shape index (κ1) is 14.1. The first-order valence-electron chi connectivity index (χ1n) is 6.67. The number of carbonyl (C=O) groups is 1. The molecule has 1 N–H and O–H groups in total. The number of nitrogens with zero attached hydrogens (tertiary/aromatic N) is 2. The molecule has 0 aromatic carbocycles. The van der Waals surface area contributed by atoms with E-state index in [9.17, 15) is 9.90 Å². The Kier molecular flexibility index (Phi) is 5.44. The maximum Gasteiger partial charge on any atom is 0.149 e. The predicted molar refractivity (Wildman–Crippen MR) is 73.5 cm³/mol. The van der Waals surface area contributed by atoms with E-state index >= 15 is 0 Å². The van der Waals surface area contributed by atoms with Gasteiger partial charge in [0, 0.05) is 31.8 Å². The van der Waals surface area contributed by atoms with Crippen molar-refractivity contribution < 1.29 is 14.6 Å². The van der Waals surface area contributed by atoms with Crippen LogP contribution in [0.2, 0.25) is 0 Å². The van der Waals surface area contributed by atoms with Crippen molar-refractivity contribution in [1.82, 2.24) is 4.90 Å². The molecule has 5 nitrogen and oxygen atoms in total. The van der Waals surface area contributed by atoms with E-state index < -0.39 is 6.10 Å². The quantitative estimate of drug-likeness (QED) is 0.569. The summed E-state index contributed by atoms with van der Waals surface area (Å²) < 4.78 is 5.29. The summed E-state index contributed by atoms with van der Waals surface area (Å²) in [7, 11) is 0. The van der Waals surface area contributed by atoms with Gasteiger partial charge in [-0.1, -0.05) is 12.2 Å². The first-order valence-corrected chi connectivity index (χ1v) is 6.67. The zero-order chi connectivity index (χ0) is 13.5. The van der Waals surface area contributed by atoms with Gasteiger partial charge in [-0.25, -0.2) is 0 Å². The lowest BCUT2D eigenvalue weighted by Gasteiger charge is -2.26. The highest BCUT2D eigenvalue weighted by Crippen LogP contribution is 2.09. The number of hydrogen-bond acceptors (Lipinski definition) is 5. The maximum atomic E-state index is 10.7. The Labute approximate surface area is 113 Å². The zero-order valence-corrected chi connectivity index (χ0v) is 11.0. The molecular formula is C14H20N2O3. The van der Waals surface area contributed by atoms with Crippen molar-refractivity contribution in [2.24, 2.45) is 4.99 Å². The molecule has 0 bridgehead atoms. The first-order chi connectivity index (χ1) is 9.31. The maximum absolute atomic E-state index is 10.7. The number of rotatable bonds is 5. The van der Waals surface area contributed by atoms with E-state index in [0.29, 0.717) is 24.1 Å². The van der Waals surface area contributed by atoms with Crippen LogP contribution in [0.3, 0.4) is 0 Å². The lowest BCUT2D eigenvalue weighted by Crippen LogP contribution is -2.37. The molecule has 0 radical (unpaired) electrons. The summed E-state index contributed by atoms with van der Waals surface area (Å²) in [6.45, 7) is 5.25. The molecule has 1 unspecified atom stereocenters. The molecule has 5 heteroatoms. The van der Waals surface area contributed by atoms with Crippen LogP contribution in [0.4, 0.5) is 0 Å². The van der Waals surface area contributed by atoms with Crippen LogP contribution in [-0.2, 0) is 9.53 Å². The smallest absolute Gasteiger partial charge is 0.149 e. The second kappa shape index (κ2) is 7.33. The average Bonchev–Trinajstić information content (AvgIpc) is 2.46. The fourth-order valence-electron chi connectivity index (χ4n) is 2.18. The molecular weight excluding hydrogens is 244 g/mol. The number of aliphatic hydroxyl groups excluding tert-OH is 1. The van der Waals surface area contributed by atoms with Crippen LogP contribution in [-0.4, -0.2) is 67.5 Å². The van der Waals surface area contributed by atoms with Gasteiger partial charge in [-0.2, -0.15) is 0 Å². The molecule has 2 rings (SSSR count).